The first-order chi connectivity index (χ1) is 5.50. The second-order valence-corrected chi connectivity index (χ2v) is 2.60. The highest BCUT2D eigenvalue weighted by Gasteiger charge is 2.26. The van der Waals surface area contributed by atoms with Crippen molar-refractivity contribution in [1.29, 1.82) is 0 Å². The number of hydrogen-bond acceptors (Lipinski definition) is 4. The predicted molar refractivity (Wildman–Crippen MR) is 42.5 cm³/mol. The number of carbonyl (C=O) groups is 2. The monoisotopic (exact) mass is 174 g/mol. The van der Waals surface area contributed by atoms with Crippen LogP contribution in [0.5, 0.6) is 0 Å². The van der Waals surface area contributed by atoms with Crippen molar-refractivity contribution in [1.82, 2.24) is 0 Å². The van der Waals surface area contributed by atoms with Crippen LogP contribution in [-0.4, -0.2) is 29.6 Å². The largest absolute Gasteiger partial charge is 0.466 e. The van der Waals surface area contributed by atoms with Crippen LogP contribution in [0.2, 0.25) is 0 Å². The van der Waals surface area contributed by atoms with Crippen LogP contribution in [-0.2, 0) is 14.3 Å². The normalized spacial score (nSPS) is 15.0. The number of aliphatic hydroxyl groups is 1. The van der Waals surface area contributed by atoms with E-state index < -0.39 is 23.8 Å². The maximum absolute atomic E-state index is 11.0. The molecule has 0 aliphatic heterocycles. The summed E-state index contributed by atoms with van der Waals surface area (Å²) in [7, 11) is 0. The van der Waals surface area contributed by atoms with Gasteiger partial charge in [-0.1, -0.05) is 0 Å². The molecule has 12 heavy (non-hydrogen) atoms. The summed E-state index contributed by atoms with van der Waals surface area (Å²) in [4.78, 5) is 21.6. The Kier molecular flexibility index (Phi) is 4.51. The molecule has 0 aliphatic rings. The molecule has 0 saturated heterocycles. The fourth-order valence-corrected chi connectivity index (χ4v) is 0.755. The molecule has 1 N–H and O–H groups in total. The van der Waals surface area contributed by atoms with E-state index in [2.05, 4.69) is 4.74 Å². The zero-order chi connectivity index (χ0) is 9.72. The molecule has 0 aliphatic carbocycles. The molecule has 0 rings (SSSR count). The Bertz CT molecular complexity index is 176. The molecular weight excluding hydrogens is 160 g/mol. The van der Waals surface area contributed by atoms with Gasteiger partial charge < -0.3 is 9.84 Å². The summed E-state index contributed by atoms with van der Waals surface area (Å²) in [6, 6.07) is 0. The van der Waals surface area contributed by atoms with Crippen molar-refractivity contribution < 1.29 is 19.4 Å². The first kappa shape index (κ1) is 11.1. The summed E-state index contributed by atoms with van der Waals surface area (Å²) in [5, 5.41) is 9.14. The van der Waals surface area contributed by atoms with Crippen LogP contribution in [0.4, 0.5) is 0 Å². The van der Waals surface area contributed by atoms with E-state index in [0.717, 1.165) is 0 Å². The smallest absolute Gasteiger partial charge is 0.311 e. The molecule has 0 fully saturated rings. The lowest BCUT2D eigenvalue weighted by molar-refractivity contribution is -0.154. The van der Waals surface area contributed by atoms with Gasteiger partial charge >= 0.3 is 5.97 Å². The van der Waals surface area contributed by atoms with Crippen LogP contribution in [0.15, 0.2) is 0 Å². The van der Waals surface area contributed by atoms with E-state index in [1.165, 1.54) is 13.8 Å². The zero-order valence-corrected chi connectivity index (χ0v) is 7.53. The Balaban J connectivity index is 4.09. The summed E-state index contributed by atoms with van der Waals surface area (Å²) in [6.45, 7) is 4.63. The van der Waals surface area contributed by atoms with Gasteiger partial charge in [0.05, 0.1) is 12.5 Å². The molecule has 0 radical (unpaired) electrons. The van der Waals surface area contributed by atoms with Gasteiger partial charge in [0.15, 0.2) is 5.78 Å². The second kappa shape index (κ2) is 4.87. The molecule has 0 amide bonds. The van der Waals surface area contributed by atoms with E-state index >= 15 is 0 Å². The third-order valence-corrected chi connectivity index (χ3v) is 1.55. The van der Waals surface area contributed by atoms with Crippen LogP contribution < -0.4 is 0 Å². The van der Waals surface area contributed by atoms with Crippen molar-refractivity contribution in [3.8, 4) is 0 Å². The number of ketones is 1. The molecule has 0 saturated carbocycles. The number of carbonyl (C=O) groups excluding carboxylic acids is 2. The van der Waals surface area contributed by atoms with Gasteiger partial charge in [-0.3, -0.25) is 9.59 Å². The fraction of sp³-hybridized carbons (Fsp3) is 0.750. The van der Waals surface area contributed by atoms with Gasteiger partial charge in [0.2, 0.25) is 0 Å². The number of aliphatic hydroxyl groups excluding tert-OH is 1. The Hall–Kier alpha value is -0.900. The summed E-state index contributed by atoms with van der Waals surface area (Å²) >= 11 is 0. The molecule has 4 nitrogen and oxygen atoms in total. The van der Waals surface area contributed by atoms with E-state index in [1.807, 2.05) is 0 Å². The van der Waals surface area contributed by atoms with E-state index in [4.69, 9.17) is 5.11 Å². The highest BCUT2D eigenvalue weighted by Crippen LogP contribution is 2.06. The number of hydrogen-bond donors (Lipinski definition) is 1. The lowest BCUT2D eigenvalue weighted by atomic mass is 10.0. The van der Waals surface area contributed by atoms with Gasteiger partial charge in [-0.05, 0) is 20.8 Å². The summed E-state index contributed by atoms with van der Waals surface area (Å²) in [6.07, 6.45) is -1.25. The van der Waals surface area contributed by atoms with Crippen LogP contribution >= 0.6 is 0 Å². The molecule has 0 unspecified atom stereocenters. The molecule has 4 heteroatoms. The second-order valence-electron chi connectivity index (χ2n) is 2.60. The zero-order valence-electron chi connectivity index (χ0n) is 7.53. The van der Waals surface area contributed by atoms with E-state index in [-0.39, 0.29) is 6.61 Å². The fourth-order valence-electron chi connectivity index (χ4n) is 0.755. The first-order valence-corrected chi connectivity index (χ1v) is 3.85. The van der Waals surface area contributed by atoms with Crippen molar-refractivity contribution in [2.45, 2.75) is 26.9 Å². The molecule has 0 aromatic carbocycles. The molecule has 70 valence electrons. The lowest BCUT2D eigenvalue weighted by Gasteiger charge is -2.13. The van der Waals surface area contributed by atoms with E-state index in [1.54, 1.807) is 6.92 Å². The maximum atomic E-state index is 11.0. The molecule has 2 atom stereocenters. The average Bonchev–Trinajstić information content (AvgIpc) is 2.02. The van der Waals surface area contributed by atoms with Gasteiger partial charge in [-0.25, -0.2) is 0 Å². The first-order valence-electron chi connectivity index (χ1n) is 3.85. The Morgan fingerprint density at radius 2 is 2.00 bits per heavy atom. The van der Waals surface area contributed by atoms with Gasteiger partial charge in [0.1, 0.15) is 6.10 Å². The molecule has 0 aromatic heterocycles. The Morgan fingerprint density at radius 1 is 1.50 bits per heavy atom. The van der Waals surface area contributed by atoms with Gasteiger partial charge in [-0.15, -0.1) is 0 Å². The van der Waals surface area contributed by atoms with Crippen LogP contribution in [0.3, 0.4) is 0 Å². The summed E-state index contributed by atoms with van der Waals surface area (Å²) < 4.78 is 4.62. The topological polar surface area (TPSA) is 63.6 Å². The number of rotatable bonds is 4. The minimum absolute atomic E-state index is 0.258. The van der Waals surface area contributed by atoms with Crippen LogP contribution in [0, 0.1) is 5.92 Å². The van der Waals surface area contributed by atoms with Gasteiger partial charge in [-0.2, -0.15) is 0 Å². The third kappa shape index (κ3) is 3.00. The Labute approximate surface area is 71.5 Å². The van der Waals surface area contributed by atoms with Crippen molar-refractivity contribution in [2.75, 3.05) is 6.61 Å². The summed E-state index contributed by atoms with van der Waals surface area (Å²) in [5.41, 5.74) is 0. The van der Waals surface area contributed by atoms with E-state index in [9.17, 15) is 9.59 Å². The van der Waals surface area contributed by atoms with Gasteiger partial charge in [0.25, 0.3) is 0 Å². The molecular formula is C8H14O4. The Morgan fingerprint density at radius 3 is 2.33 bits per heavy atom. The average molecular weight is 174 g/mol. The summed E-state index contributed by atoms with van der Waals surface area (Å²) in [5.74, 6) is -1.74. The molecule has 0 bridgehead atoms. The molecule has 0 spiro atoms. The number of Topliss-reactive ketones (excluding diaryl/α,β-unsaturated/α-hetero) is 1. The van der Waals surface area contributed by atoms with Crippen molar-refractivity contribution >= 4 is 11.8 Å². The third-order valence-electron chi connectivity index (χ3n) is 1.55. The number of esters is 1. The SMILES string of the molecule is CCOC(=O)[C@@H](C)[C@H](O)C(C)=O. The number of ether oxygens (including phenoxy) is 1. The molecule has 0 heterocycles. The van der Waals surface area contributed by atoms with Crippen molar-refractivity contribution in [2.24, 2.45) is 5.92 Å². The van der Waals surface area contributed by atoms with Gasteiger partial charge in [0, 0.05) is 0 Å². The minimum Gasteiger partial charge on any atom is -0.466 e. The maximum Gasteiger partial charge on any atom is 0.311 e. The quantitative estimate of drug-likeness (QED) is 0.615. The molecule has 0 aromatic rings. The highest BCUT2D eigenvalue weighted by molar-refractivity contribution is 5.86. The standard InChI is InChI=1S/C8H14O4/c1-4-12-8(11)5(2)7(10)6(3)9/h5,7,10H,4H2,1-3H3/t5-,7-/m0/s1. The van der Waals surface area contributed by atoms with Crippen LogP contribution in [0.25, 0.3) is 0 Å². The van der Waals surface area contributed by atoms with Crippen LogP contribution in [0.1, 0.15) is 20.8 Å². The lowest BCUT2D eigenvalue weighted by Crippen LogP contribution is -2.32. The van der Waals surface area contributed by atoms with Crippen molar-refractivity contribution in [3.63, 3.8) is 0 Å². The minimum atomic E-state index is -1.25. The predicted octanol–water partition coefficient (Wildman–Crippen LogP) is 0.135. The van der Waals surface area contributed by atoms with Crippen molar-refractivity contribution in [3.05, 3.63) is 0 Å². The highest BCUT2D eigenvalue weighted by atomic mass is 16.5. The van der Waals surface area contributed by atoms with E-state index in [0.29, 0.717) is 0 Å².